The molecule has 21 heavy (non-hydrogen) atoms. The summed E-state index contributed by atoms with van der Waals surface area (Å²) >= 11 is 0. The molecule has 4 heteroatoms. The van der Waals surface area contributed by atoms with Crippen molar-refractivity contribution in [1.82, 2.24) is 4.57 Å². The monoisotopic (exact) mass is 287 g/mol. The lowest BCUT2D eigenvalue weighted by molar-refractivity contribution is 0.0525. The van der Waals surface area contributed by atoms with Gasteiger partial charge in [-0.05, 0) is 32.9 Å². The molecule has 0 atom stereocenters. The maximum atomic E-state index is 11.9. The highest BCUT2D eigenvalue weighted by atomic mass is 16.5. The molecular formula is C17H21NO3. The van der Waals surface area contributed by atoms with Gasteiger partial charge in [-0.1, -0.05) is 18.2 Å². The lowest BCUT2D eigenvalue weighted by Crippen LogP contribution is -2.09. The number of nitrogens with zero attached hydrogens (tertiary/aromatic N) is 1. The number of ether oxygens (including phenoxy) is 2. The second-order valence-electron chi connectivity index (χ2n) is 4.90. The van der Waals surface area contributed by atoms with Crippen LogP contribution in [0.25, 0.3) is 0 Å². The summed E-state index contributed by atoms with van der Waals surface area (Å²) in [4.78, 5) is 11.9. The van der Waals surface area contributed by atoms with Gasteiger partial charge in [0.2, 0.25) is 0 Å². The Labute approximate surface area is 125 Å². The van der Waals surface area contributed by atoms with Crippen LogP contribution in [0.3, 0.4) is 0 Å². The molecule has 1 aromatic carbocycles. The summed E-state index contributed by atoms with van der Waals surface area (Å²) in [5, 5.41) is 0. The third-order valence-corrected chi connectivity index (χ3v) is 3.59. The first-order valence-corrected chi connectivity index (χ1v) is 7.04. The van der Waals surface area contributed by atoms with Gasteiger partial charge in [0, 0.05) is 17.0 Å². The van der Waals surface area contributed by atoms with Crippen molar-refractivity contribution in [3.63, 3.8) is 0 Å². The van der Waals surface area contributed by atoms with Gasteiger partial charge in [-0.3, -0.25) is 0 Å². The second kappa shape index (κ2) is 6.48. The van der Waals surface area contributed by atoms with E-state index in [0.717, 1.165) is 22.7 Å². The van der Waals surface area contributed by atoms with Crippen molar-refractivity contribution in [1.29, 1.82) is 0 Å². The van der Waals surface area contributed by atoms with E-state index in [0.29, 0.717) is 18.7 Å². The molecule has 0 amide bonds. The first-order chi connectivity index (χ1) is 10.1. The van der Waals surface area contributed by atoms with E-state index in [1.54, 1.807) is 7.11 Å². The van der Waals surface area contributed by atoms with E-state index in [9.17, 15) is 4.79 Å². The first kappa shape index (κ1) is 15.2. The number of hydrogen-bond donors (Lipinski definition) is 0. The number of rotatable bonds is 5. The predicted molar refractivity (Wildman–Crippen MR) is 82.0 cm³/mol. The molecule has 2 rings (SSSR count). The van der Waals surface area contributed by atoms with Crippen LogP contribution in [0.15, 0.2) is 30.3 Å². The fourth-order valence-corrected chi connectivity index (χ4v) is 2.46. The number of benzene rings is 1. The zero-order chi connectivity index (χ0) is 15.4. The zero-order valence-corrected chi connectivity index (χ0v) is 13.0. The quantitative estimate of drug-likeness (QED) is 0.792. The minimum Gasteiger partial charge on any atom is -0.496 e. The Bertz CT molecular complexity index is 643. The van der Waals surface area contributed by atoms with Crippen LogP contribution in [-0.4, -0.2) is 24.3 Å². The van der Waals surface area contributed by atoms with Crippen LogP contribution in [-0.2, 0) is 11.3 Å². The van der Waals surface area contributed by atoms with Crippen molar-refractivity contribution in [3.8, 4) is 5.75 Å². The number of hydrogen-bond acceptors (Lipinski definition) is 3. The Morgan fingerprint density at radius 1 is 1.24 bits per heavy atom. The summed E-state index contributed by atoms with van der Waals surface area (Å²) < 4.78 is 12.6. The minimum absolute atomic E-state index is 0.267. The molecule has 112 valence electrons. The Morgan fingerprint density at radius 2 is 1.95 bits per heavy atom. The van der Waals surface area contributed by atoms with Crippen LogP contribution < -0.4 is 4.74 Å². The number of para-hydroxylation sites is 1. The molecule has 0 saturated carbocycles. The first-order valence-electron chi connectivity index (χ1n) is 7.04. The van der Waals surface area contributed by atoms with E-state index in [1.165, 1.54) is 0 Å². The summed E-state index contributed by atoms with van der Waals surface area (Å²) in [5.74, 6) is 0.583. The normalized spacial score (nSPS) is 10.5. The van der Waals surface area contributed by atoms with Crippen LogP contribution >= 0.6 is 0 Å². The number of aromatic nitrogens is 1. The van der Waals surface area contributed by atoms with Crippen LogP contribution in [0, 0.1) is 13.8 Å². The van der Waals surface area contributed by atoms with Gasteiger partial charge in [0.25, 0.3) is 0 Å². The lowest BCUT2D eigenvalue weighted by atomic mass is 10.2. The van der Waals surface area contributed by atoms with Crippen LogP contribution in [0.5, 0.6) is 5.75 Å². The summed E-state index contributed by atoms with van der Waals surface area (Å²) in [6.07, 6.45) is 0. The highest BCUT2D eigenvalue weighted by Crippen LogP contribution is 2.23. The summed E-state index contributed by atoms with van der Waals surface area (Å²) in [7, 11) is 1.66. The average Bonchev–Trinajstić information content (AvgIpc) is 2.76. The Hall–Kier alpha value is -2.23. The summed E-state index contributed by atoms with van der Waals surface area (Å²) in [6.45, 7) is 6.79. The molecule has 0 aliphatic carbocycles. The van der Waals surface area contributed by atoms with Crippen LogP contribution in [0.4, 0.5) is 0 Å². The Kier molecular flexibility index (Phi) is 4.68. The number of methoxy groups -OCH3 is 1. The number of carbonyl (C=O) groups is 1. The number of carbonyl (C=O) groups excluding carboxylic acids is 1. The molecule has 0 saturated heterocycles. The number of aryl methyl sites for hydroxylation is 1. The van der Waals surface area contributed by atoms with Crippen LogP contribution in [0.1, 0.15) is 34.2 Å². The lowest BCUT2D eigenvalue weighted by Gasteiger charge is -2.13. The second-order valence-corrected chi connectivity index (χ2v) is 4.90. The van der Waals surface area contributed by atoms with Gasteiger partial charge >= 0.3 is 5.97 Å². The average molecular weight is 287 g/mol. The van der Waals surface area contributed by atoms with Gasteiger partial charge in [-0.15, -0.1) is 0 Å². The van der Waals surface area contributed by atoms with Crippen LogP contribution in [0.2, 0.25) is 0 Å². The molecular weight excluding hydrogens is 266 g/mol. The molecule has 0 aliphatic heterocycles. The Morgan fingerprint density at radius 3 is 2.62 bits per heavy atom. The topological polar surface area (TPSA) is 40.5 Å². The molecule has 0 aliphatic rings. The van der Waals surface area contributed by atoms with E-state index in [4.69, 9.17) is 9.47 Å². The zero-order valence-electron chi connectivity index (χ0n) is 13.0. The summed E-state index contributed by atoms with van der Waals surface area (Å²) in [6, 6.07) is 9.78. The largest absolute Gasteiger partial charge is 0.496 e. The number of esters is 1. The van der Waals surface area contributed by atoms with E-state index >= 15 is 0 Å². The SMILES string of the molecule is CCOC(=O)c1cc(C)n(Cc2ccccc2OC)c1C. The predicted octanol–water partition coefficient (Wildman–Crippen LogP) is 3.34. The van der Waals surface area contributed by atoms with Gasteiger partial charge in [0.1, 0.15) is 5.75 Å². The van der Waals surface area contributed by atoms with Gasteiger partial charge in [0.05, 0.1) is 25.8 Å². The van der Waals surface area contributed by atoms with Crippen molar-refractivity contribution in [3.05, 3.63) is 52.8 Å². The van der Waals surface area contributed by atoms with Gasteiger partial charge < -0.3 is 14.0 Å². The van der Waals surface area contributed by atoms with Crippen molar-refractivity contribution < 1.29 is 14.3 Å². The highest BCUT2D eigenvalue weighted by molar-refractivity contribution is 5.91. The molecule has 1 aromatic heterocycles. The van der Waals surface area contributed by atoms with E-state index in [1.807, 2.05) is 51.1 Å². The molecule has 0 bridgehead atoms. The smallest absolute Gasteiger partial charge is 0.339 e. The third kappa shape index (κ3) is 3.10. The van der Waals surface area contributed by atoms with Crippen molar-refractivity contribution in [2.75, 3.05) is 13.7 Å². The molecule has 0 spiro atoms. The van der Waals surface area contributed by atoms with Crippen molar-refractivity contribution >= 4 is 5.97 Å². The van der Waals surface area contributed by atoms with Gasteiger partial charge in [0.15, 0.2) is 0 Å². The Balaban J connectivity index is 2.35. The molecule has 0 N–H and O–H groups in total. The van der Waals surface area contributed by atoms with Gasteiger partial charge in [-0.2, -0.15) is 0 Å². The fourth-order valence-electron chi connectivity index (χ4n) is 2.46. The molecule has 0 unspecified atom stereocenters. The van der Waals surface area contributed by atoms with E-state index < -0.39 is 0 Å². The van der Waals surface area contributed by atoms with E-state index in [-0.39, 0.29) is 5.97 Å². The fraction of sp³-hybridized carbons (Fsp3) is 0.353. The molecule has 0 radical (unpaired) electrons. The summed E-state index contributed by atoms with van der Waals surface area (Å²) in [5.41, 5.74) is 3.65. The highest BCUT2D eigenvalue weighted by Gasteiger charge is 2.17. The standard InChI is InChI=1S/C17H21NO3/c1-5-21-17(19)15-10-12(2)18(13(15)3)11-14-8-6-7-9-16(14)20-4/h6-10H,5,11H2,1-4H3. The molecule has 0 fully saturated rings. The van der Waals surface area contributed by atoms with Crippen molar-refractivity contribution in [2.24, 2.45) is 0 Å². The molecule has 2 aromatic rings. The van der Waals surface area contributed by atoms with Crippen molar-refractivity contribution in [2.45, 2.75) is 27.3 Å². The molecule has 4 nitrogen and oxygen atoms in total. The van der Waals surface area contributed by atoms with E-state index in [2.05, 4.69) is 4.57 Å². The maximum absolute atomic E-state index is 11.9. The third-order valence-electron chi connectivity index (χ3n) is 3.59. The molecule has 1 heterocycles. The maximum Gasteiger partial charge on any atom is 0.339 e. The van der Waals surface area contributed by atoms with Gasteiger partial charge in [-0.25, -0.2) is 4.79 Å². The minimum atomic E-state index is -0.267.